The number of pyridine rings is 1. The summed E-state index contributed by atoms with van der Waals surface area (Å²) in [6, 6.07) is 5.86. The first-order valence-electron chi connectivity index (χ1n) is 10.9. The number of benzene rings is 1. The normalized spacial score (nSPS) is 16.6. The van der Waals surface area contributed by atoms with Crippen molar-refractivity contribution in [1.29, 1.82) is 5.26 Å². The largest absolute Gasteiger partial charge is 0.419 e. The lowest BCUT2D eigenvalue weighted by atomic mass is 9.84. The fourth-order valence-electron chi connectivity index (χ4n) is 3.98. The Labute approximate surface area is 210 Å². The van der Waals surface area contributed by atoms with Crippen LogP contribution in [0.1, 0.15) is 54.7 Å². The number of carbonyl (C=O) groups is 2. The van der Waals surface area contributed by atoms with Gasteiger partial charge in [-0.1, -0.05) is 13.8 Å². The Morgan fingerprint density at radius 2 is 1.94 bits per heavy atom. The molecule has 0 aliphatic carbocycles. The van der Waals surface area contributed by atoms with E-state index in [-0.39, 0.29) is 35.0 Å². The Morgan fingerprint density at radius 1 is 1.25 bits per heavy atom. The van der Waals surface area contributed by atoms with Crippen molar-refractivity contribution in [2.75, 3.05) is 23.4 Å². The van der Waals surface area contributed by atoms with E-state index in [9.17, 15) is 27.2 Å². The summed E-state index contributed by atoms with van der Waals surface area (Å²) in [5.74, 6) is -2.03. The average molecular weight is 522 g/mol. The van der Waals surface area contributed by atoms with Crippen LogP contribution in [0.3, 0.4) is 0 Å². The van der Waals surface area contributed by atoms with E-state index in [1.807, 2.05) is 13.8 Å². The van der Waals surface area contributed by atoms with Gasteiger partial charge in [0, 0.05) is 25.7 Å². The number of anilines is 2. The van der Waals surface area contributed by atoms with Gasteiger partial charge in [-0.2, -0.15) is 18.4 Å². The maximum Gasteiger partial charge on any atom is 0.419 e. The van der Waals surface area contributed by atoms with E-state index in [1.165, 1.54) is 30.1 Å². The van der Waals surface area contributed by atoms with Gasteiger partial charge in [0.25, 0.3) is 5.91 Å². The van der Waals surface area contributed by atoms with Crippen LogP contribution in [-0.4, -0.2) is 35.5 Å². The molecule has 2 aromatic rings. The monoisotopic (exact) mass is 521 g/mol. The van der Waals surface area contributed by atoms with Gasteiger partial charge in [-0.25, -0.2) is 9.37 Å². The Bertz CT molecular complexity index is 1260. The quantitative estimate of drug-likeness (QED) is 0.461. The molecule has 2 heterocycles. The number of nitriles is 1. The highest BCUT2D eigenvalue weighted by molar-refractivity contribution is 7.81. The molecule has 2 amide bonds. The van der Waals surface area contributed by atoms with Crippen molar-refractivity contribution in [3.05, 3.63) is 53.1 Å². The number of nitrogens with one attached hydrogen (secondary N) is 1. The van der Waals surface area contributed by atoms with Crippen LogP contribution in [0.15, 0.2) is 30.5 Å². The molecule has 0 radical (unpaired) electrons. The third kappa shape index (κ3) is 5.62. The molecule has 1 N–H and O–H groups in total. The number of aromatic nitrogens is 1. The Hall–Kier alpha value is -3.59. The van der Waals surface area contributed by atoms with Gasteiger partial charge in [0.05, 0.1) is 23.0 Å². The number of nitrogens with zero attached hydrogens (tertiary/aromatic N) is 4. The molecular formula is C24H23F4N5O2S. The molecular weight excluding hydrogens is 498 g/mol. The zero-order valence-electron chi connectivity index (χ0n) is 19.7. The van der Waals surface area contributed by atoms with Crippen LogP contribution in [-0.2, 0) is 11.0 Å². The maximum atomic E-state index is 14.7. The van der Waals surface area contributed by atoms with Crippen LogP contribution < -0.4 is 15.1 Å². The fraction of sp³-hybridized carbons (Fsp3) is 0.375. The molecule has 3 rings (SSSR count). The SMILES string of the molecule is CNC(=O)c1ccc(N2CCCC(C)(C)CC(=O)N(c3cnc(C#N)c(C(F)(F)F)c3)C2=S)cc1F. The third-order valence-electron chi connectivity index (χ3n) is 5.82. The van der Waals surface area contributed by atoms with Gasteiger partial charge >= 0.3 is 6.18 Å². The maximum absolute atomic E-state index is 14.7. The highest BCUT2D eigenvalue weighted by atomic mass is 32.1. The van der Waals surface area contributed by atoms with E-state index < -0.39 is 40.5 Å². The molecule has 1 fully saturated rings. The summed E-state index contributed by atoms with van der Waals surface area (Å²) in [7, 11) is 1.36. The average Bonchev–Trinajstić information content (AvgIpc) is 2.84. The van der Waals surface area contributed by atoms with Crippen LogP contribution >= 0.6 is 12.2 Å². The number of hydrogen-bond acceptors (Lipinski definition) is 5. The number of alkyl halides is 3. The topological polar surface area (TPSA) is 89.3 Å². The standard InChI is InChI=1S/C24H23F4N5O2S/c1-23(2)7-4-8-32(14-5-6-16(18(25)10-14)21(35)30-3)22(36)33(20(34)11-23)15-9-17(24(26,27)28)19(12-29)31-13-15/h5-6,9-10,13H,4,7-8,11H2,1-3H3,(H,30,35). The minimum Gasteiger partial charge on any atom is -0.355 e. The first-order chi connectivity index (χ1) is 16.8. The van der Waals surface area contributed by atoms with Crippen LogP contribution in [0.5, 0.6) is 0 Å². The van der Waals surface area contributed by atoms with E-state index in [2.05, 4.69) is 10.3 Å². The van der Waals surface area contributed by atoms with Gasteiger partial charge in [-0.15, -0.1) is 0 Å². The Morgan fingerprint density at radius 3 is 2.53 bits per heavy atom. The molecule has 0 bridgehead atoms. The first kappa shape index (κ1) is 27.0. The van der Waals surface area contributed by atoms with Crippen molar-refractivity contribution in [1.82, 2.24) is 10.3 Å². The lowest BCUT2D eigenvalue weighted by Crippen LogP contribution is -2.47. The summed E-state index contributed by atoms with van der Waals surface area (Å²) >= 11 is 5.58. The minimum absolute atomic E-state index is 0.0215. The summed E-state index contributed by atoms with van der Waals surface area (Å²) in [6.07, 6.45) is -2.80. The summed E-state index contributed by atoms with van der Waals surface area (Å²) in [6.45, 7) is 3.95. The Balaban J connectivity index is 2.15. The van der Waals surface area contributed by atoms with E-state index >= 15 is 0 Å². The second-order valence-corrected chi connectivity index (χ2v) is 9.42. The number of carbonyl (C=O) groups excluding carboxylic acids is 2. The zero-order chi connectivity index (χ0) is 26.8. The minimum atomic E-state index is -4.89. The third-order valence-corrected chi connectivity index (χ3v) is 6.22. The molecule has 1 aliphatic rings. The highest BCUT2D eigenvalue weighted by Crippen LogP contribution is 2.36. The molecule has 7 nitrogen and oxygen atoms in total. The predicted molar refractivity (Wildman–Crippen MR) is 129 cm³/mol. The molecule has 1 aromatic heterocycles. The smallest absolute Gasteiger partial charge is 0.355 e. The van der Waals surface area contributed by atoms with Crippen molar-refractivity contribution in [2.24, 2.45) is 5.41 Å². The highest BCUT2D eigenvalue weighted by Gasteiger charge is 2.38. The van der Waals surface area contributed by atoms with Crippen LogP contribution in [0, 0.1) is 22.6 Å². The molecule has 0 unspecified atom stereocenters. The van der Waals surface area contributed by atoms with Gasteiger partial charge in [0.1, 0.15) is 11.9 Å². The van der Waals surface area contributed by atoms with Gasteiger partial charge < -0.3 is 10.2 Å². The van der Waals surface area contributed by atoms with E-state index in [0.29, 0.717) is 18.9 Å². The van der Waals surface area contributed by atoms with Crippen LogP contribution in [0.25, 0.3) is 0 Å². The van der Waals surface area contributed by atoms with Crippen molar-refractivity contribution < 1.29 is 27.2 Å². The Kier molecular flexibility index (Phi) is 7.64. The zero-order valence-corrected chi connectivity index (χ0v) is 20.6. The van der Waals surface area contributed by atoms with Gasteiger partial charge in [-0.05, 0) is 54.7 Å². The molecule has 1 aliphatic heterocycles. The van der Waals surface area contributed by atoms with E-state index in [4.69, 9.17) is 17.5 Å². The van der Waals surface area contributed by atoms with E-state index in [0.717, 1.165) is 17.2 Å². The molecule has 0 saturated carbocycles. The summed E-state index contributed by atoms with van der Waals surface area (Å²) < 4.78 is 55.6. The van der Waals surface area contributed by atoms with Crippen molar-refractivity contribution >= 4 is 40.5 Å². The predicted octanol–water partition coefficient (Wildman–Crippen LogP) is 4.81. The second kappa shape index (κ2) is 10.2. The molecule has 12 heteroatoms. The number of amides is 2. The van der Waals surface area contributed by atoms with Crippen molar-refractivity contribution in [3.8, 4) is 6.07 Å². The summed E-state index contributed by atoms with van der Waals surface area (Å²) in [5, 5.41) is 11.2. The van der Waals surface area contributed by atoms with E-state index in [1.54, 1.807) is 0 Å². The van der Waals surface area contributed by atoms with Crippen LogP contribution in [0.4, 0.5) is 28.9 Å². The van der Waals surface area contributed by atoms with Crippen molar-refractivity contribution in [2.45, 2.75) is 39.3 Å². The van der Waals surface area contributed by atoms with Crippen LogP contribution in [0.2, 0.25) is 0 Å². The lowest BCUT2D eigenvalue weighted by Gasteiger charge is -2.32. The number of halogens is 4. The van der Waals surface area contributed by atoms with Gasteiger partial charge in [0.15, 0.2) is 10.8 Å². The molecule has 36 heavy (non-hydrogen) atoms. The molecule has 1 aromatic carbocycles. The molecule has 0 atom stereocenters. The number of hydrogen-bond donors (Lipinski definition) is 1. The number of thiocarbonyl (C=S) groups is 1. The van der Waals surface area contributed by atoms with Crippen molar-refractivity contribution in [3.63, 3.8) is 0 Å². The molecule has 1 saturated heterocycles. The summed E-state index contributed by atoms with van der Waals surface area (Å²) in [4.78, 5) is 31.3. The molecule has 0 spiro atoms. The number of rotatable bonds is 3. The summed E-state index contributed by atoms with van der Waals surface area (Å²) in [5.41, 5.74) is -2.87. The first-order valence-corrected chi connectivity index (χ1v) is 11.3. The van der Waals surface area contributed by atoms with Gasteiger partial charge in [0.2, 0.25) is 5.91 Å². The molecule has 190 valence electrons. The fourth-order valence-corrected chi connectivity index (χ4v) is 4.39. The van der Waals surface area contributed by atoms with Gasteiger partial charge in [-0.3, -0.25) is 14.5 Å². The lowest BCUT2D eigenvalue weighted by molar-refractivity contribution is -0.138. The second-order valence-electron chi connectivity index (χ2n) is 9.05.